The molecule has 0 aromatic carbocycles. The van der Waals surface area contributed by atoms with E-state index in [1.165, 1.54) is 6.07 Å². The van der Waals surface area contributed by atoms with Gasteiger partial charge in [-0.2, -0.15) is 5.26 Å². The molecule has 14 heavy (non-hydrogen) atoms. The van der Waals surface area contributed by atoms with Gasteiger partial charge in [0.1, 0.15) is 5.75 Å². The van der Waals surface area contributed by atoms with Crippen LogP contribution in [0.5, 0.6) is 0 Å². The lowest BCUT2D eigenvalue weighted by molar-refractivity contribution is 0.0656. The number of aromatic carboxylic acids is 1. The molecule has 0 saturated carbocycles. The van der Waals surface area contributed by atoms with Gasteiger partial charge in [0.15, 0.2) is 0 Å². The van der Waals surface area contributed by atoms with Crippen LogP contribution < -0.4 is 0 Å². The van der Waals surface area contributed by atoms with E-state index in [-0.39, 0.29) is 0 Å². The maximum absolute atomic E-state index is 11.2. The predicted molar refractivity (Wildman–Crippen MR) is 43.3 cm³/mol. The molecule has 1 rings (SSSR count). The summed E-state index contributed by atoms with van der Waals surface area (Å²) < 4.78 is 26.8. The second-order valence-electron chi connectivity index (χ2n) is 2.34. The van der Waals surface area contributed by atoms with E-state index in [1.54, 1.807) is 0 Å². The highest BCUT2D eigenvalue weighted by Gasteiger charge is 2.20. The molecule has 1 heterocycles. The van der Waals surface area contributed by atoms with Crippen LogP contribution in [0, 0.1) is 11.3 Å². The van der Waals surface area contributed by atoms with Gasteiger partial charge in [-0.15, -0.1) is 0 Å². The van der Waals surface area contributed by atoms with Crippen LogP contribution in [-0.4, -0.2) is 25.2 Å². The molecule has 0 bridgehead atoms. The molecule has 0 aliphatic rings. The van der Waals surface area contributed by atoms with Crippen molar-refractivity contribution in [3.8, 4) is 6.07 Å². The first-order valence-electron chi connectivity index (χ1n) is 3.40. The Balaban J connectivity index is 3.11. The normalized spacial score (nSPS) is 10.8. The Morgan fingerprint density at radius 3 is 2.64 bits per heavy atom. The van der Waals surface area contributed by atoms with E-state index >= 15 is 0 Å². The molecule has 1 N–H and O–H groups in total. The Bertz CT molecular complexity index is 492. The van der Waals surface area contributed by atoms with Crippen molar-refractivity contribution in [2.45, 2.75) is 5.09 Å². The highest BCUT2D eigenvalue weighted by molar-refractivity contribution is 7.91. The van der Waals surface area contributed by atoms with Crippen LogP contribution >= 0.6 is 0 Å². The summed E-state index contributed by atoms with van der Waals surface area (Å²) in [6, 6.07) is 3.48. The molecule has 0 unspecified atom stereocenters. The van der Waals surface area contributed by atoms with Gasteiger partial charge in [-0.25, -0.2) is 13.2 Å². The first kappa shape index (κ1) is 10.3. The summed E-state index contributed by atoms with van der Waals surface area (Å²) in [6.07, 6.45) is 0. The number of hydrogen-bond acceptors (Lipinski definition) is 5. The number of furan rings is 1. The molecule has 0 radical (unpaired) electrons. The Hall–Kier alpha value is -1.81. The fraction of sp³-hybridized carbons (Fsp3) is 0.143. The van der Waals surface area contributed by atoms with E-state index in [2.05, 4.69) is 4.42 Å². The summed E-state index contributed by atoms with van der Waals surface area (Å²) >= 11 is 0. The molecule has 74 valence electrons. The van der Waals surface area contributed by atoms with Gasteiger partial charge in [-0.1, -0.05) is 0 Å². The zero-order valence-corrected chi connectivity index (χ0v) is 7.61. The third kappa shape index (κ3) is 1.92. The number of rotatable bonds is 3. The SMILES string of the molecule is N#CCS(=O)(=O)c1ccc(C(=O)O)o1. The zero-order valence-electron chi connectivity index (χ0n) is 6.80. The summed E-state index contributed by atoms with van der Waals surface area (Å²) in [4.78, 5) is 10.3. The highest BCUT2D eigenvalue weighted by atomic mass is 32.2. The summed E-state index contributed by atoms with van der Waals surface area (Å²) in [5.74, 6) is -2.57. The van der Waals surface area contributed by atoms with Gasteiger partial charge in [-0.3, -0.25) is 0 Å². The van der Waals surface area contributed by atoms with Crippen LogP contribution in [0.15, 0.2) is 21.6 Å². The molecular formula is C7H5NO5S. The monoisotopic (exact) mass is 215 g/mol. The van der Waals surface area contributed by atoms with Gasteiger partial charge < -0.3 is 9.52 Å². The van der Waals surface area contributed by atoms with Crippen molar-refractivity contribution >= 4 is 15.8 Å². The lowest BCUT2D eigenvalue weighted by Crippen LogP contribution is -2.03. The number of carboxylic acids is 1. The van der Waals surface area contributed by atoms with Gasteiger partial charge >= 0.3 is 5.97 Å². The Kier molecular flexibility index (Phi) is 2.58. The van der Waals surface area contributed by atoms with Crippen molar-refractivity contribution in [1.29, 1.82) is 5.26 Å². The van der Waals surface area contributed by atoms with Crippen molar-refractivity contribution in [3.63, 3.8) is 0 Å². The molecule has 0 spiro atoms. The van der Waals surface area contributed by atoms with Gasteiger partial charge in [-0.05, 0) is 12.1 Å². The Morgan fingerprint density at radius 1 is 1.57 bits per heavy atom. The minimum atomic E-state index is -3.81. The van der Waals surface area contributed by atoms with Crippen molar-refractivity contribution in [2.24, 2.45) is 0 Å². The molecule has 0 atom stereocenters. The minimum absolute atomic E-state index is 0.471. The average molecular weight is 215 g/mol. The van der Waals surface area contributed by atoms with Crippen LogP contribution in [0.2, 0.25) is 0 Å². The molecule has 0 fully saturated rings. The van der Waals surface area contributed by atoms with Crippen LogP contribution in [0.3, 0.4) is 0 Å². The molecule has 6 nitrogen and oxygen atoms in total. The standard InChI is InChI=1S/C7H5NO5S/c8-3-4-14(11,12)6-2-1-5(13-6)7(9)10/h1-2H,4H2,(H,9,10). The topological polar surface area (TPSA) is 108 Å². The number of sulfone groups is 1. The maximum atomic E-state index is 11.2. The smallest absolute Gasteiger partial charge is 0.371 e. The van der Waals surface area contributed by atoms with E-state index in [1.807, 2.05) is 0 Å². The third-order valence-corrected chi connectivity index (χ3v) is 2.69. The lowest BCUT2D eigenvalue weighted by atomic mass is 10.5. The lowest BCUT2D eigenvalue weighted by Gasteiger charge is -1.92. The van der Waals surface area contributed by atoms with Crippen LogP contribution in [-0.2, 0) is 9.84 Å². The van der Waals surface area contributed by atoms with Crippen molar-refractivity contribution in [3.05, 3.63) is 17.9 Å². The van der Waals surface area contributed by atoms with Crippen molar-refractivity contribution in [1.82, 2.24) is 0 Å². The fourth-order valence-corrected chi connectivity index (χ4v) is 1.56. The third-order valence-electron chi connectivity index (χ3n) is 1.35. The van der Waals surface area contributed by atoms with E-state index in [9.17, 15) is 13.2 Å². The fourth-order valence-electron chi connectivity index (χ4n) is 0.758. The molecule has 1 aromatic rings. The van der Waals surface area contributed by atoms with Crippen molar-refractivity contribution < 1.29 is 22.7 Å². The maximum Gasteiger partial charge on any atom is 0.371 e. The van der Waals surface area contributed by atoms with Crippen LogP contribution in [0.25, 0.3) is 0 Å². The first-order valence-corrected chi connectivity index (χ1v) is 5.05. The Morgan fingerprint density at radius 2 is 2.21 bits per heavy atom. The summed E-state index contributed by atoms with van der Waals surface area (Å²) in [6.45, 7) is 0. The van der Waals surface area contributed by atoms with Crippen LogP contribution in [0.4, 0.5) is 0 Å². The van der Waals surface area contributed by atoms with Gasteiger partial charge in [0.2, 0.25) is 20.7 Å². The average Bonchev–Trinajstić information content (AvgIpc) is 2.51. The van der Waals surface area contributed by atoms with E-state index in [0.29, 0.717) is 0 Å². The predicted octanol–water partition coefficient (Wildman–Crippen LogP) is 0.275. The van der Waals surface area contributed by atoms with E-state index in [4.69, 9.17) is 10.4 Å². The number of carboxylic acid groups (broad SMARTS) is 1. The highest BCUT2D eigenvalue weighted by Crippen LogP contribution is 2.14. The molecule has 0 amide bonds. The van der Waals surface area contributed by atoms with Gasteiger partial charge in [0.25, 0.3) is 0 Å². The number of nitrogens with zero attached hydrogens (tertiary/aromatic N) is 1. The number of nitriles is 1. The van der Waals surface area contributed by atoms with E-state index in [0.717, 1.165) is 12.1 Å². The number of hydrogen-bond donors (Lipinski definition) is 1. The first-order chi connectivity index (χ1) is 6.47. The largest absolute Gasteiger partial charge is 0.475 e. The molecule has 0 saturated heterocycles. The molecule has 1 aromatic heterocycles. The summed E-state index contributed by atoms with van der Waals surface area (Å²) in [7, 11) is -3.81. The Labute approximate surface area is 79.3 Å². The second kappa shape index (κ2) is 3.51. The second-order valence-corrected chi connectivity index (χ2v) is 4.26. The molecule has 0 aliphatic heterocycles. The molecule has 7 heteroatoms. The minimum Gasteiger partial charge on any atom is -0.475 e. The molecular weight excluding hydrogens is 210 g/mol. The summed E-state index contributed by atoms with van der Waals surface area (Å²) in [5.41, 5.74) is 0. The van der Waals surface area contributed by atoms with Crippen molar-refractivity contribution in [2.75, 3.05) is 5.75 Å². The zero-order chi connectivity index (χ0) is 10.8. The quantitative estimate of drug-likeness (QED) is 0.775. The number of carbonyl (C=O) groups is 1. The van der Waals surface area contributed by atoms with Gasteiger partial charge in [0.05, 0.1) is 6.07 Å². The van der Waals surface area contributed by atoms with Crippen LogP contribution in [0.1, 0.15) is 10.6 Å². The molecule has 0 aliphatic carbocycles. The summed E-state index contributed by atoms with van der Waals surface area (Å²) in [5, 5.41) is 16.1. The van der Waals surface area contributed by atoms with Gasteiger partial charge in [0, 0.05) is 0 Å². The van der Waals surface area contributed by atoms with E-state index < -0.39 is 32.4 Å².